The topological polar surface area (TPSA) is 40.9 Å². The molecule has 0 heterocycles. The monoisotopic (exact) mass is 305 g/mol. The molecule has 23 heavy (non-hydrogen) atoms. The molecule has 0 radical (unpaired) electrons. The van der Waals surface area contributed by atoms with Gasteiger partial charge >= 0.3 is 0 Å². The van der Waals surface area contributed by atoms with Crippen molar-refractivity contribution in [1.82, 2.24) is 0 Å². The van der Waals surface area contributed by atoms with Crippen molar-refractivity contribution in [3.63, 3.8) is 0 Å². The zero-order valence-corrected chi connectivity index (χ0v) is 13.7. The number of carbonyl (C=O) groups excluding carboxylic acids is 1. The van der Waals surface area contributed by atoms with Crippen molar-refractivity contribution in [1.29, 1.82) is 5.26 Å². The average molecular weight is 305 g/mol. The number of ketones is 1. The van der Waals surface area contributed by atoms with E-state index in [2.05, 4.69) is 13.0 Å². The van der Waals surface area contributed by atoms with E-state index in [0.717, 1.165) is 6.42 Å². The molecule has 118 valence electrons. The minimum absolute atomic E-state index is 0.0309. The molecule has 0 spiro atoms. The van der Waals surface area contributed by atoms with Gasteiger partial charge in [-0.25, -0.2) is 0 Å². The molecule has 0 bridgehead atoms. The van der Waals surface area contributed by atoms with E-state index in [0.29, 0.717) is 16.7 Å². The van der Waals surface area contributed by atoms with Gasteiger partial charge in [0.05, 0.1) is 11.6 Å². The number of rotatable bonds is 8. The molecule has 2 rings (SSSR count). The maximum absolute atomic E-state index is 12.4. The van der Waals surface area contributed by atoms with Gasteiger partial charge in [-0.1, -0.05) is 69.0 Å². The van der Waals surface area contributed by atoms with Crippen LogP contribution in [0.1, 0.15) is 66.1 Å². The summed E-state index contributed by atoms with van der Waals surface area (Å²) >= 11 is 0. The van der Waals surface area contributed by atoms with E-state index < -0.39 is 0 Å². The van der Waals surface area contributed by atoms with Gasteiger partial charge in [-0.05, 0) is 30.5 Å². The summed E-state index contributed by atoms with van der Waals surface area (Å²) in [6.45, 7) is 2.22. The molecule has 0 aliphatic heterocycles. The van der Waals surface area contributed by atoms with E-state index in [4.69, 9.17) is 5.26 Å². The number of nitriles is 1. The summed E-state index contributed by atoms with van der Waals surface area (Å²) in [5.74, 6) is -0.0309. The van der Waals surface area contributed by atoms with Crippen LogP contribution in [0.15, 0.2) is 48.5 Å². The van der Waals surface area contributed by atoms with Crippen LogP contribution in [-0.4, -0.2) is 5.78 Å². The molecule has 0 aliphatic rings. The van der Waals surface area contributed by atoms with E-state index in [9.17, 15) is 4.79 Å². The number of nitrogens with zero attached hydrogens (tertiary/aromatic N) is 1. The first-order chi connectivity index (χ1) is 11.2. The lowest BCUT2D eigenvalue weighted by atomic mass is 9.99. The van der Waals surface area contributed by atoms with Gasteiger partial charge in [0.2, 0.25) is 0 Å². The molecule has 0 saturated carbocycles. The van der Waals surface area contributed by atoms with Gasteiger partial charge in [0.1, 0.15) is 0 Å². The minimum atomic E-state index is -0.0309. The van der Waals surface area contributed by atoms with E-state index in [1.807, 2.05) is 24.3 Å². The molecule has 0 N–H and O–H groups in total. The molecule has 0 fully saturated rings. The molecule has 0 unspecified atom stereocenters. The highest BCUT2D eigenvalue weighted by Gasteiger charge is 2.09. The number of aryl methyl sites for hydroxylation is 1. The first kappa shape index (κ1) is 17.0. The molecule has 0 saturated heterocycles. The zero-order valence-electron chi connectivity index (χ0n) is 13.7. The third-order valence-corrected chi connectivity index (χ3v) is 4.04. The SMILES string of the molecule is CCCCCCCc1ccc(C(=O)c2cccc(C#N)c2)cc1. The average Bonchev–Trinajstić information content (AvgIpc) is 2.61. The number of hydrogen-bond acceptors (Lipinski definition) is 2. The van der Waals surface area contributed by atoms with Gasteiger partial charge in [0.15, 0.2) is 5.78 Å². The van der Waals surface area contributed by atoms with Gasteiger partial charge in [-0.2, -0.15) is 5.26 Å². The van der Waals surface area contributed by atoms with Gasteiger partial charge in [-0.15, -0.1) is 0 Å². The molecule has 0 atom stereocenters. The quantitative estimate of drug-likeness (QED) is 0.490. The third kappa shape index (κ3) is 5.07. The van der Waals surface area contributed by atoms with Crippen molar-refractivity contribution in [2.24, 2.45) is 0 Å². The van der Waals surface area contributed by atoms with Gasteiger partial charge in [0.25, 0.3) is 0 Å². The molecule has 2 aromatic rings. The van der Waals surface area contributed by atoms with Crippen LogP contribution in [0.3, 0.4) is 0 Å². The minimum Gasteiger partial charge on any atom is -0.289 e. The summed E-state index contributed by atoms with van der Waals surface area (Å²) in [6.07, 6.45) is 7.44. The second kappa shape index (κ2) is 8.90. The van der Waals surface area contributed by atoms with Gasteiger partial charge in [0, 0.05) is 11.1 Å². The predicted octanol–water partition coefficient (Wildman–Crippen LogP) is 5.30. The van der Waals surface area contributed by atoms with E-state index >= 15 is 0 Å². The molecule has 0 aliphatic carbocycles. The van der Waals surface area contributed by atoms with Crippen LogP contribution in [-0.2, 0) is 6.42 Å². The Labute approximate surface area is 138 Å². The van der Waals surface area contributed by atoms with E-state index in [-0.39, 0.29) is 5.78 Å². The van der Waals surface area contributed by atoms with Crippen molar-refractivity contribution in [3.8, 4) is 6.07 Å². The van der Waals surface area contributed by atoms with Crippen LogP contribution in [0.5, 0.6) is 0 Å². The highest BCUT2D eigenvalue weighted by molar-refractivity contribution is 6.09. The first-order valence-corrected chi connectivity index (χ1v) is 8.38. The van der Waals surface area contributed by atoms with Crippen LogP contribution in [0.4, 0.5) is 0 Å². The lowest BCUT2D eigenvalue weighted by molar-refractivity contribution is 0.103. The number of benzene rings is 2. The third-order valence-electron chi connectivity index (χ3n) is 4.04. The normalized spacial score (nSPS) is 10.3. The Hall–Kier alpha value is -2.40. The molecule has 2 heteroatoms. The van der Waals surface area contributed by atoms with Crippen LogP contribution in [0, 0.1) is 11.3 Å². The summed E-state index contributed by atoms with van der Waals surface area (Å²) < 4.78 is 0. The van der Waals surface area contributed by atoms with Crippen molar-refractivity contribution < 1.29 is 4.79 Å². The van der Waals surface area contributed by atoms with Crippen molar-refractivity contribution in [2.45, 2.75) is 45.4 Å². The number of unbranched alkanes of at least 4 members (excludes halogenated alkanes) is 4. The van der Waals surface area contributed by atoms with Crippen LogP contribution < -0.4 is 0 Å². The predicted molar refractivity (Wildman–Crippen MR) is 93.5 cm³/mol. The Kier molecular flexibility index (Phi) is 6.56. The van der Waals surface area contributed by atoms with E-state index in [1.165, 1.54) is 37.7 Å². The highest BCUT2D eigenvalue weighted by atomic mass is 16.1. The molecule has 2 nitrogen and oxygen atoms in total. The largest absolute Gasteiger partial charge is 0.289 e. The Morgan fingerprint density at radius 1 is 0.957 bits per heavy atom. The summed E-state index contributed by atoms with van der Waals surface area (Å²) in [6, 6.07) is 16.8. The maximum atomic E-state index is 12.4. The maximum Gasteiger partial charge on any atom is 0.193 e. The standard InChI is InChI=1S/C21H23NO/c1-2-3-4-5-6-8-17-11-13-19(14-12-17)21(23)20-10-7-9-18(15-20)16-22/h7,9-15H,2-6,8H2,1H3. The van der Waals surface area contributed by atoms with Crippen molar-refractivity contribution in [2.75, 3.05) is 0 Å². The molecular weight excluding hydrogens is 282 g/mol. The summed E-state index contributed by atoms with van der Waals surface area (Å²) in [4.78, 5) is 12.4. The number of carbonyl (C=O) groups is 1. The smallest absolute Gasteiger partial charge is 0.193 e. The van der Waals surface area contributed by atoms with Crippen molar-refractivity contribution in [3.05, 3.63) is 70.8 Å². The van der Waals surface area contributed by atoms with Crippen molar-refractivity contribution >= 4 is 5.78 Å². The fourth-order valence-electron chi connectivity index (χ4n) is 2.65. The molecule has 0 amide bonds. The second-order valence-corrected chi connectivity index (χ2v) is 5.88. The number of hydrogen-bond donors (Lipinski definition) is 0. The Bertz CT molecular complexity index is 680. The summed E-state index contributed by atoms with van der Waals surface area (Å²) in [7, 11) is 0. The summed E-state index contributed by atoms with van der Waals surface area (Å²) in [5.41, 5.74) is 3.04. The molecule has 2 aromatic carbocycles. The Morgan fingerprint density at radius 3 is 2.39 bits per heavy atom. The summed E-state index contributed by atoms with van der Waals surface area (Å²) in [5, 5.41) is 8.93. The molecular formula is C21H23NO. The first-order valence-electron chi connectivity index (χ1n) is 8.38. The fraction of sp³-hybridized carbons (Fsp3) is 0.333. The lowest BCUT2D eigenvalue weighted by Crippen LogP contribution is -2.01. The van der Waals surface area contributed by atoms with E-state index in [1.54, 1.807) is 24.3 Å². The van der Waals surface area contributed by atoms with Crippen LogP contribution >= 0.6 is 0 Å². The second-order valence-electron chi connectivity index (χ2n) is 5.88. The van der Waals surface area contributed by atoms with Crippen LogP contribution in [0.25, 0.3) is 0 Å². The Balaban J connectivity index is 1.96. The zero-order chi connectivity index (χ0) is 16.5. The highest BCUT2D eigenvalue weighted by Crippen LogP contribution is 2.14. The van der Waals surface area contributed by atoms with Crippen LogP contribution in [0.2, 0.25) is 0 Å². The van der Waals surface area contributed by atoms with Gasteiger partial charge < -0.3 is 0 Å². The molecule has 0 aromatic heterocycles. The fourth-order valence-corrected chi connectivity index (χ4v) is 2.65. The van der Waals surface area contributed by atoms with Gasteiger partial charge in [-0.3, -0.25) is 4.79 Å². The Morgan fingerprint density at radius 2 is 1.70 bits per heavy atom. The lowest BCUT2D eigenvalue weighted by Gasteiger charge is -2.05.